The predicted molar refractivity (Wildman–Crippen MR) is 135 cm³/mol. The second-order valence-corrected chi connectivity index (χ2v) is 9.97. The zero-order chi connectivity index (χ0) is 24.4. The highest BCUT2D eigenvalue weighted by atomic mass is 16.5. The van der Waals surface area contributed by atoms with Gasteiger partial charge in [-0.05, 0) is 66.3 Å². The van der Waals surface area contributed by atoms with Crippen LogP contribution in [-0.2, 0) is 9.59 Å². The Morgan fingerprint density at radius 3 is 1.97 bits per heavy atom. The first-order chi connectivity index (χ1) is 16.3. The van der Waals surface area contributed by atoms with Gasteiger partial charge in [-0.2, -0.15) is 5.26 Å². The summed E-state index contributed by atoms with van der Waals surface area (Å²) in [7, 11) is 0. The first kappa shape index (κ1) is 25.3. The van der Waals surface area contributed by atoms with Crippen LogP contribution in [0.2, 0.25) is 0 Å². The molecule has 2 aromatic carbocycles. The molecule has 0 aliphatic heterocycles. The molecule has 6 heteroatoms. The number of ether oxygens (including phenoxy) is 1. The Labute approximate surface area is 202 Å². The fraction of sp³-hybridized carbons (Fsp3) is 0.464. The Hall–Kier alpha value is -3.33. The third kappa shape index (κ3) is 8.55. The van der Waals surface area contributed by atoms with E-state index in [1.165, 1.54) is 32.1 Å². The fourth-order valence-corrected chi connectivity index (χ4v) is 4.42. The van der Waals surface area contributed by atoms with Gasteiger partial charge in [0.1, 0.15) is 5.75 Å². The van der Waals surface area contributed by atoms with E-state index in [2.05, 4.69) is 10.6 Å². The lowest BCUT2D eigenvalue weighted by Crippen LogP contribution is -2.27. The highest BCUT2D eigenvalue weighted by molar-refractivity contribution is 5.93. The monoisotopic (exact) mass is 461 g/mol. The van der Waals surface area contributed by atoms with E-state index in [9.17, 15) is 9.59 Å². The number of rotatable bonds is 10. The lowest BCUT2D eigenvalue weighted by Gasteiger charge is -2.23. The van der Waals surface area contributed by atoms with E-state index in [1.54, 1.807) is 24.3 Å². The number of anilines is 2. The summed E-state index contributed by atoms with van der Waals surface area (Å²) in [5, 5.41) is 14.6. The van der Waals surface area contributed by atoms with Crippen molar-refractivity contribution in [2.45, 2.75) is 65.2 Å². The number of carbonyl (C=O) groups excluding carboxylic acids is 2. The minimum Gasteiger partial charge on any atom is -0.494 e. The first-order valence-corrected chi connectivity index (χ1v) is 12.2. The molecule has 0 saturated heterocycles. The number of hydrogen-bond acceptors (Lipinski definition) is 4. The van der Waals surface area contributed by atoms with Crippen molar-refractivity contribution in [2.75, 3.05) is 17.2 Å². The van der Waals surface area contributed by atoms with Crippen LogP contribution in [0, 0.1) is 22.7 Å². The Morgan fingerprint density at radius 1 is 0.912 bits per heavy atom. The molecule has 0 atom stereocenters. The topological polar surface area (TPSA) is 91.2 Å². The molecule has 0 bridgehead atoms. The summed E-state index contributed by atoms with van der Waals surface area (Å²) < 4.78 is 5.88. The minimum atomic E-state index is -0.511. The van der Waals surface area contributed by atoms with Crippen molar-refractivity contribution in [3.05, 3.63) is 54.1 Å². The second-order valence-electron chi connectivity index (χ2n) is 9.97. The predicted octanol–water partition coefficient (Wildman–Crippen LogP) is 6.29. The zero-order valence-corrected chi connectivity index (χ0v) is 20.2. The van der Waals surface area contributed by atoms with Gasteiger partial charge in [0.15, 0.2) is 0 Å². The molecular formula is C28H35N3O3. The number of benzene rings is 2. The summed E-state index contributed by atoms with van der Waals surface area (Å²) in [4.78, 5) is 25.0. The maximum atomic E-state index is 12.6. The smallest absolute Gasteiger partial charge is 0.224 e. The molecule has 1 aliphatic rings. The lowest BCUT2D eigenvalue weighted by molar-refractivity contribution is -0.120. The van der Waals surface area contributed by atoms with Crippen molar-refractivity contribution in [2.24, 2.45) is 11.3 Å². The van der Waals surface area contributed by atoms with Crippen molar-refractivity contribution in [3.8, 4) is 11.8 Å². The molecule has 1 aliphatic carbocycles. The van der Waals surface area contributed by atoms with Crippen LogP contribution >= 0.6 is 0 Å². The average molecular weight is 462 g/mol. The van der Waals surface area contributed by atoms with Gasteiger partial charge in [-0.15, -0.1) is 0 Å². The molecule has 6 nitrogen and oxygen atoms in total. The Morgan fingerprint density at radius 2 is 1.44 bits per heavy atom. The Bertz CT molecular complexity index is 985. The Balaban J connectivity index is 1.40. The van der Waals surface area contributed by atoms with E-state index >= 15 is 0 Å². The molecule has 1 fully saturated rings. The third-order valence-electron chi connectivity index (χ3n) is 6.23. The van der Waals surface area contributed by atoms with Crippen molar-refractivity contribution >= 4 is 23.2 Å². The van der Waals surface area contributed by atoms with Crippen LogP contribution in [0.15, 0.2) is 48.5 Å². The van der Waals surface area contributed by atoms with Crippen molar-refractivity contribution in [3.63, 3.8) is 0 Å². The quantitative estimate of drug-likeness (QED) is 0.435. The van der Waals surface area contributed by atoms with Gasteiger partial charge in [-0.3, -0.25) is 9.59 Å². The highest BCUT2D eigenvalue weighted by Crippen LogP contribution is 2.28. The van der Waals surface area contributed by atoms with Gasteiger partial charge in [0, 0.05) is 24.2 Å². The number of nitriles is 1. The lowest BCUT2D eigenvalue weighted by atomic mass is 9.85. The van der Waals surface area contributed by atoms with Crippen molar-refractivity contribution in [1.29, 1.82) is 5.26 Å². The van der Waals surface area contributed by atoms with Crippen LogP contribution in [0.4, 0.5) is 11.4 Å². The van der Waals surface area contributed by atoms with Crippen molar-refractivity contribution < 1.29 is 14.3 Å². The van der Waals surface area contributed by atoms with Gasteiger partial charge < -0.3 is 15.4 Å². The van der Waals surface area contributed by atoms with Gasteiger partial charge >= 0.3 is 0 Å². The molecule has 3 rings (SSSR count). The van der Waals surface area contributed by atoms with E-state index in [-0.39, 0.29) is 24.7 Å². The van der Waals surface area contributed by atoms with Gasteiger partial charge in [-0.25, -0.2) is 0 Å². The summed E-state index contributed by atoms with van der Waals surface area (Å²) in [6.07, 6.45) is 8.22. The normalized spacial score (nSPS) is 14.1. The maximum absolute atomic E-state index is 12.6. The van der Waals surface area contributed by atoms with Crippen LogP contribution in [0.1, 0.15) is 70.8 Å². The zero-order valence-electron chi connectivity index (χ0n) is 20.2. The number of nitrogens with zero attached hydrogens (tertiary/aromatic N) is 1. The molecule has 0 radical (unpaired) electrons. The van der Waals surface area contributed by atoms with Gasteiger partial charge in [0.25, 0.3) is 0 Å². The maximum Gasteiger partial charge on any atom is 0.224 e. The standard InChI is InChI=1S/C28H35N3O3/c1-28(2,18-26(32)30-23-10-8-22(20-29)9-11-23)19-27(33)31-24-12-14-25(15-13-24)34-17-16-21-6-4-3-5-7-21/h8-15,21H,3-7,16-19H2,1-2H3,(H,30,32)(H,31,33). The van der Waals surface area contributed by atoms with Crippen LogP contribution in [0.5, 0.6) is 5.75 Å². The third-order valence-corrected chi connectivity index (χ3v) is 6.23. The molecular weight excluding hydrogens is 426 g/mol. The number of nitrogens with one attached hydrogen (secondary N) is 2. The van der Waals surface area contributed by atoms with Crippen LogP contribution < -0.4 is 15.4 Å². The fourth-order valence-electron chi connectivity index (χ4n) is 4.42. The van der Waals surface area contributed by atoms with Gasteiger partial charge in [0.2, 0.25) is 11.8 Å². The second kappa shape index (κ2) is 12.2. The van der Waals surface area contributed by atoms with E-state index in [0.29, 0.717) is 16.9 Å². The van der Waals surface area contributed by atoms with Crippen LogP contribution in [0.3, 0.4) is 0 Å². The highest BCUT2D eigenvalue weighted by Gasteiger charge is 2.25. The van der Waals surface area contributed by atoms with E-state index in [4.69, 9.17) is 10.00 Å². The van der Waals surface area contributed by atoms with Crippen LogP contribution in [-0.4, -0.2) is 18.4 Å². The van der Waals surface area contributed by atoms with Gasteiger partial charge in [0.05, 0.1) is 18.2 Å². The molecule has 180 valence electrons. The van der Waals surface area contributed by atoms with Gasteiger partial charge in [-0.1, -0.05) is 46.0 Å². The van der Waals surface area contributed by atoms with E-state index in [0.717, 1.165) is 24.7 Å². The number of amides is 2. The summed E-state index contributed by atoms with van der Waals surface area (Å²) >= 11 is 0. The summed E-state index contributed by atoms with van der Waals surface area (Å²) in [6, 6.07) is 16.2. The molecule has 2 amide bonds. The minimum absolute atomic E-state index is 0.137. The molecule has 0 heterocycles. The molecule has 1 saturated carbocycles. The number of carbonyl (C=O) groups is 2. The molecule has 0 aromatic heterocycles. The largest absolute Gasteiger partial charge is 0.494 e. The molecule has 34 heavy (non-hydrogen) atoms. The van der Waals surface area contributed by atoms with Crippen molar-refractivity contribution in [1.82, 2.24) is 0 Å². The molecule has 0 spiro atoms. The first-order valence-electron chi connectivity index (χ1n) is 12.2. The summed E-state index contributed by atoms with van der Waals surface area (Å²) in [6.45, 7) is 4.53. The Kier molecular flexibility index (Phi) is 9.09. The average Bonchev–Trinajstić information content (AvgIpc) is 2.80. The van der Waals surface area contributed by atoms with E-state index < -0.39 is 5.41 Å². The SMILES string of the molecule is CC(C)(CC(=O)Nc1ccc(C#N)cc1)CC(=O)Nc1ccc(OCCC2CCCCC2)cc1. The van der Waals surface area contributed by atoms with E-state index in [1.807, 2.05) is 44.2 Å². The van der Waals surface area contributed by atoms with Crippen LogP contribution in [0.25, 0.3) is 0 Å². The molecule has 0 unspecified atom stereocenters. The number of hydrogen-bond donors (Lipinski definition) is 2. The molecule has 2 aromatic rings. The summed E-state index contributed by atoms with van der Waals surface area (Å²) in [5.74, 6) is 1.30. The summed E-state index contributed by atoms with van der Waals surface area (Å²) in [5.41, 5.74) is 1.37. The molecule has 2 N–H and O–H groups in total.